The number of amides is 1. The number of nitrogens with zero attached hydrogens (tertiary/aromatic N) is 4. The summed E-state index contributed by atoms with van der Waals surface area (Å²) >= 11 is 0. The molecule has 0 bridgehead atoms. The van der Waals surface area contributed by atoms with Crippen LogP contribution in [0, 0.1) is 17.5 Å². The fourth-order valence-corrected chi connectivity index (χ4v) is 4.14. The van der Waals surface area contributed by atoms with E-state index in [0.29, 0.717) is 30.3 Å². The molecule has 1 N–H and O–H groups in total. The maximum atomic E-state index is 14.8. The summed E-state index contributed by atoms with van der Waals surface area (Å²) in [5.41, 5.74) is -5.38. The predicted octanol–water partition coefficient (Wildman–Crippen LogP) is 5.80. The summed E-state index contributed by atoms with van der Waals surface area (Å²) in [5, 5.41) is 13.7. The zero-order chi connectivity index (χ0) is 31.7. The van der Waals surface area contributed by atoms with Crippen molar-refractivity contribution in [1.29, 1.82) is 0 Å². The summed E-state index contributed by atoms with van der Waals surface area (Å²) in [7, 11) is 1.34. The molecule has 0 aliphatic rings. The Balaban J connectivity index is 1.95. The average molecular weight is 621 g/mol. The molecule has 0 aliphatic carbocycles. The van der Waals surface area contributed by atoms with Crippen LogP contribution >= 0.6 is 0 Å². The smallest absolute Gasteiger partial charge is 0.428 e. The van der Waals surface area contributed by atoms with Crippen molar-refractivity contribution in [3.05, 3.63) is 106 Å². The standard InChI is InChI=1S/C26H17F10N5O2/c1-41-39-21(38-40-41)12-24(14-3-5-16(27)6-4-14,15-9-17(28)11-18(10-15)43-26(35,36)23(30)31)37-22(42)13-2-7-20(29)19(8-13)25(32,33)34/h2-11,23H,12H2,1H3,(H,37,42)/t24-/m0/s1. The molecule has 1 atom stereocenters. The minimum atomic E-state index is -5.21. The van der Waals surface area contributed by atoms with Crippen LogP contribution in [0.25, 0.3) is 0 Å². The van der Waals surface area contributed by atoms with Gasteiger partial charge in [0.1, 0.15) is 23.2 Å². The molecule has 1 heterocycles. The number of alkyl halides is 7. The second kappa shape index (κ2) is 11.5. The lowest BCUT2D eigenvalue weighted by Crippen LogP contribution is -2.49. The van der Waals surface area contributed by atoms with Crippen molar-refractivity contribution in [1.82, 2.24) is 25.5 Å². The fraction of sp³-hybridized carbons (Fsp3) is 0.231. The van der Waals surface area contributed by atoms with Crippen molar-refractivity contribution in [2.24, 2.45) is 7.05 Å². The molecule has 0 fully saturated rings. The van der Waals surface area contributed by atoms with Crippen LogP contribution in [0.5, 0.6) is 5.75 Å². The third kappa shape index (κ3) is 6.86. The lowest BCUT2D eigenvalue weighted by molar-refractivity contribution is -0.253. The number of hydrogen-bond donors (Lipinski definition) is 1. The summed E-state index contributed by atoms with van der Waals surface area (Å²) in [5.74, 6) is -6.48. The number of tetrazole rings is 1. The summed E-state index contributed by atoms with van der Waals surface area (Å²) in [6.07, 6.45) is -15.2. The molecule has 1 amide bonds. The number of aromatic nitrogens is 4. The Bertz CT molecular complexity index is 1630. The van der Waals surface area contributed by atoms with Crippen LogP contribution in [0.1, 0.15) is 32.9 Å². The van der Waals surface area contributed by atoms with Crippen LogP contribution < -0.4 is 10.1 Å². The summed E-state index contributed by atoms with van der Waals surface area (Å²) in [4.78, 5) is 14.4. The number of aryl methyl sites for hydroxylation is 1. The number of ether oxygens (including phenoxy) is 1. The molecule has 0 unspecified atom stereocenters. The monoisotopic (exact) mass is 621 g/mol. The van der Waals surface area contributed by atoms with Crippen molar-refractivity contribution in [3.63, 3.8) is 0 Å². The molecule has 4 rings (SSSR count). The van der Waals surface area contributed by atoms with E-state index < -0.39 is 76.5 Å². The molecule has 17 heteroatoms. The van der Waals surface area contributed by atoms with Gasteiger partial charge in [-0.1, -0.05) is 12.1 Å². The molecule has 1 aromatic heterocycles. The molecular weight excluding hydrogens is 604 g/mol. The highest BCUT2D eigenvalue weighted by molar-refractivity contribution is 5.95. The minimum Gasteiger partial charge on any atom is -0.428 e. The SMILES string of the molecule is Cn1nnc(C[C@](NC(=O)c2ccc(F)c(C(F)(F)F)c2)(c2ccc(F)cc2)c2cc(F)cc(OC(F)(F)C(F)F)c2)n1. The van der Waals surface area contributed by atoms with Crippen LogP contribution in [0.2, 0.25) is 0 Å². The van der Waals surface area contributed by atoms with Crippen molar-refractivity contribution in [2.75, 3.05) is 0 Å². The van der Waals surface area contributed by atoms with Crippen molar-refractivity contribution >= 4 is 5.91 Å². The number of halogens is 10. The van der Waals surface area contributed by atoms with Gasteiger partial charge in [0, 0.05) is 18.1 Å². The Hall–Kier alpha value is -4.70. The number of carbonyl (C=O) groups excluding carboxylic acids is 1. The number of hydrogen-bond acceptors (Lipinski definition) is 5. The summed E-state index contributed by atoms with van der Waals surface area (Å²) < 4.78 is 140. The van der Waals surface area contributed by atoms with Crippen LogP contribution in [-0.2, 0) is 25.2 Å². The topological polar surface area (TPSA) is 81.9 Å². The molecule has 0 radical (unpaired) electrons. The maximum absolute atomic E-state index is 14.8. The number of nitrogens with one attached hydrogen (secondary N) is 1. The molecule has 0 saturated heterocycles. The second-order valence-corrected chi connectivity index (χ2v) is 9.07. The highest BCUT2D eigenvalue weighted by atomic mass is 19.4. The van der Waals surface area contributed by atoms with Crippen molar-refractivity contribution < 1.29 is 53.4 Å². The van der Waals surface area contributed by atoms with E-state index in [1.165, 1.54) is 7.05 Å². The van der Waals surface area contributed by atoms with E-state index in [0.717, 1.165) is 29.1 Å². The molecule has 0 spiro atoms. The van der Waals surface area contributed by atoms with Crippen molar-refractivity contribution in [2.45, 2.75) is 30.7 Å². The zero-order valence-corrected chi connectivity index (χ0v) is 21.4. The van der Waals surface area contributed by atoms with Crippen LogP contribution in [-0.4, -0.2) is 38.6 Å². The minimum absolute atomic E-state index is 0.120. The lowest BCUT2D eigenvalue weighted by Gasteiger charge is -2.36. The molecule has 43 heavy (non-hydrogen) atoms. The molecule has 0 saturated carbocycles. The predicted molar refractivity (Wildman–Crippen MR) is 127 cm³/mol. The van der Waals surface area contributed by atoms with Gasteiger partial charge in [0.2, 0.25) is 0 Å². The van der Waals surface area contributed by atoms with Gasteiger partial charge < -0.3 is 10.1 Å². The third-order valence-corrected chi connectivity index (χ3v) is 6.04. The Morgan fingerprint density at radius 3 is 2.16 bits per heavy atom. The van der Waals surface area contributed by atoms with Gasteiger partial charge in [0.25, 0.3) is 5.91 Å². The van der Waals surface area contributed by atoms with Gasteiger partial charge in [0.05, 0.1) is 18.2 Å². The fourth-order valence-electron chi connectivity index (χ4n) is 4.14. The number of rotatable bonds is 9. The lowest BCUT2D eigenvalue weighted by atomic mass is 9.79. The van der Waals surface area contributed by atoms with E-state index in [2.05, 4.69) is 25.5 Å². The van der Waals surface area contributed by atoms with E-state index in [4.69, 9.17) is 0 Å². The Morgan fingerprint density at radius 2 is 1.58 bits per heavy atom. The Morgan fingerprint density at radius 1 is 0.907 bits per heavy atom. The number of carbonyl (C=O) groups is 1. The molecule has 228 valence electrons. The first-order valence-corrected chi connectivity index (χ1v) is 11.8. The van der Waals surface area contributed by atoms with E-state index >= 15 is 0 Å². The van der Waals surface area contributed by atoms with Crippen LogP contribution in [0.4, 0.5) is 43.9 Å². The average Bonchev–Trinajstić information content (AvgIpc) is 3.31. The molecule has 4 aromatic rings. The van der Waals surface area contributed by atoms with Crippen LogP contribution in [0.15, 0.2) is 60.7 Å². The van der Waals surface area contributed by atoms with Crippen LogP contribution in [0.3, 0.4) is 0 Å². The van der Waals surface area contributed by atoms with Gasteiger partial charge in [-0.15, -0.1) is 10.2 Å². The van der Waals surface area contributed by atoms with Gasteiger partial charge in [-0.25, -0.2) is 13.2 Å². The van der Waals surface area contributed by atoms with Gasteiger partial charge in [-0.3, -0.25) is 4.79 Å². The van der Waals surface area contributed by atoms with E-state index in [1.807, 2.05) is 0 Å². The maximum Gasteiger partial charge on any atom is 0.461 e. The zero-order valence-electron chi connectivity index (χ0n) is 21.4. The highest BCUT2D eigenvalue weighted by Crippen LogP contribution is 2.38. The largest absolute Gasteiger partial charge is 0.461 e. The first kappa shape index (κ1) is 31.2. The second-order valence-electron chi connectivity index (χ2n) is 9.07. The van der Waals surface area contributed by atoms with E-state index in [1.54, 1.807) is 0 Å². The first-order chi connectivity index (χ1) is 20.0. The first-order valence-electron chi connectivity index (χ1n) is 11.8. The third-order valence-electron chi connectivity index (χ3n) is 6.04. The quantitative estimate of drug-likeness (QED) is 0.239. The summed E-state index contributed by atoms with van der Waals surface area (Å²) in [6, 6.07) is 6.88. The molecule has 3 aromatic carbocycles. The van der Waals surface area contributed by atoms with E-state index in [9.17, 15) is 48.7 Å². The Labute approximate surface area is 235 Å². The van der Waals surface area contributed by atoms with Gasteiger partial charge in [-0.05, 0) is 58.8 Å². The molecule has 7 nitrogen and oxygen atoms in total. The normalized spacial score (nSPS) is 13.6. The van der Waals surface area contributed by atoms with Gasteiger partial charge >= 0.3 is 18.7 Å². The van der Waals surface area contributed by atoms with E-state index in [-0.39, 0.29) is 17.5 Å². The number of benzene rings is 3. The molecular formula is C26H17F10N5O2. The Kier molecular flexibility index (Phi) is 8.37. The summed E-state index contributed by atoms with van der Waals surface area (Å²) in [6.45, 7) is 0. The molecule has 0 aliphatic heterocycles. The highest BCUT2D eigenvalue weighted by Gasteiger charge is 2.45. The van der Waals surface area contributed by atoms with Crippen molar-refractivity contribution in [3.8, 4) is 5.75 Å². The van der Waals surface area contributed by atoms with Gasteiger partial charge in [0.15, 0.2) is 5.82 Å². The van der Waals surface area contributed by atoms with Gasteiger partial charge in [-0.2, -0.15) is 35.5 Å².